The van der Waals surface area contributed by atoms with Crippen molar-refractivity contribution in [2.75, 3.05) is 6.54 Å². The van der Waals surface area contributed by atoms with Crippen LogP contribution >= 0.6 is 22.9 Å². The SMILES string of the molecule is Cc1cc(C)n([C@@H](CNC(=O)c2snnc2C)c2ccsc2)n1. The summed E-state index contributed by atoms with van der Waals surface area (Å²) in [5.74, 6) is -0.140. The number of carbonyl (C=O) groups excluding carboxylic acids is 1. The van der Waals surface area contributed by atoms with E-state index in [0.29, 0.717) is 17.1 Å². The van der Waals surface area contributed by atoms with E-state index in [0.717, 1.165) is 28.5 Å². The minimum absolute atomic E-state index is 0.0277. The van der Waals surface area contributed by atoms with Gasteiger partial charge in [-0.1, -0.05) is 4.49 Å². The Morgan fingerprint density at radius 2 is 2.22 bits per heavy atom. The molecule has 1 amide bonds. The van der Waals surface area contributed by atoms with Crippen molar-refractivity contribution < 1.29 is 4.79 Å². The number of amides is 1. The first-order chi connectivity index (χ1) is 11.1. The molecule has 0 radical (unpaired) electrons. The van der Waals surface area contributed by atoms with Crippen LogP contribution in [0, 0.1) is 20.8 Å². The van der Waals surface area contributed by atoms with Crippen molar-refractivity contribution in [1.82, 2.24) is 24.7 Å². The largest absolute Gasteiger partial charge is 0.349 e. The van der Waals surface area contributed by atoms with Gasteiger partial charge in [-0.15, -0.1) is 5.10 Å². The van der Waals surface area contributed by atoms with Crippen LogP contribution < -0.4 is 5.32 Å². The molecule has 0 saturated heterocycles. The molecular weight excluding hydrogens is 330 g/mol. The molecule has 3 aromatic rings. The average molecular weight is 347 g/mol. The van der Waals surface area contributed by atoms with Crippen molar-refractivity contribution in [1.29, 1.82) is 0 Å². The Morgan fingerprint density at radius 3 is 2.78 bits per heavy atom. The van der Waals surface area contributed by atoms with Gasteiger partial charge in [0, 0.05) is 12.2 Å². The van der Waals surface area contributed by atoms with Crippen LogP contribution in [-0.2, 0) is 0 Å². The number of carbonyl (C=O) groups is 1. The Morgan fingerprint density at radius 1 is 1.39 bits per heavy atom. The lowest BCUT2D eigenvalue weighted by molar-refractivity contribution is 0.0952. The third-order valence-electron chi connectivity index (χ3n) is 3.58. The molecule has 0 bridgehead atoms. The number of hydrogen-bond donors (Lipinski definition) is 1. The molecule has 3 aromatic heterocycles. The van der Waals surface area contributed by atoms with Gasteiger partial charge in [0.2, 0.25) is 0 Å². The lowest BCUT2D eigenvalue weighted by Gasteiger charge is -2.19. The summed E-state index contributed by atoms with van der Waals surface area (Å²) in [6.45, 7) is 6.25. The molecular formula is C15H17N5OS2. The maximum Gasteiger partial charge on any atom is 0.265 e. The van der Waals surface area contributed by atoms with Crippen molar-refractivity contribution in [3.8, 4) is 0 Å². The van der Waals surface area contributed by atoms with Crippen molar-refractivity contribution in [2.24, 2.45) is 0 Å². The Kier molecular flexibility index (Phi) is 4.53. The summed E-state index contributed by atoms with van der Waals surface area (Å²) in [5.41, 5.74) is 3.84. The van der Waals surface area contributed by atoms with Crippen LogP contribution in [0.25, 0.3) is 0 Å². The van der Waals surface area contributed by atoms with Gasteiger partial charge < -0.3 is 5.32 Å². The molecule has 6 nitrogen and oxygen atoms in total. The molecule has 0 aromatic carbocycles. The van der Waals surface area contributed by atoms with Gasteiger partial charge in [-0.3, -0.25) is 9.48 Å². The highest BCUT2D eigenvalue weighted by atomic mass is 32.1. The number of hydrogen-bond acceptors (Lipinski definition) is 6. The van der Waals surface area contributed by atoms with Crippen LogP contribution in [0.1, 0.15) is 38.4 Å². The quantitative estimate of drug-likeness (QED) is 0.770. The van der Waals surface area contributed by atoms with Gasteiger partial charge in [-0.25, -0.2) is 0 Å². The topological polar surface area (TPSA) is 72.7 Å². The van der Waals surface area contributed by atoms with E-state index in [1.807, 2.05) is 30.0 Å². The highest BCUT2D eigenvalue weighted by Gasteiger charge is 2.20. The number of nitrogens with zero attached hydrogens (tertiary/aromatic N) is 4. The second-order valence-electron chi connectivity index (χ2n) is 5.34. The average Bonchev–Trinajstić information content (AvgIpc) is 3.22. The summed E-state index contributed by atoms with van der Waals surface area (Å²) in [7, 11) is 0. The van der Waals surface area contributed by atoms with Crippen LogP contribution in [-0.4, -0.2) is 31.8 Å². The van der Waals surface area contributed by atoms with Crippen molar-refractivity contribution in [3.63, 3.8) is 0 Å². The normalized spacial score (nSPS) is 12.3. The predicted octanol–water partition coefficient (Wildman–Crippen LogP) is 2.74. The van der Waals surface area contributed by atoms with Crippen LogP contribution in [0.2, 0.25) is 0 Å². The van der Waals surface area contributed by atoms with E-state index >= 15 is 0 Å². The van der Waals surface area contributed by atoms with Gasteiger partial charge in [0.15, 0.2) is 0 Å². The number of thiophene rings is 1. The molecule has 1 N–H and O–H groups in total. The predicted molar refractivity (Wildman–Crippen MR) is 91.1 cm³/mol. The van der Waals surface area contributed by atoms with Crippen LogP contribution in [0.5, 0.6) is 0 Å². The molecule has 3 heterocycles. The molecule has 8 heteroatoms. The molecule has 0 aliphatic heterocycles. The van der Waals surface area contributed by atoms with Crippen molar-refractivity contribution in [2.45, 2.75) is 26.8 Å². The van der Waals surface area contributed by atoms with Crippen LogP contribution in [0.4, 0.5) is 0 Å². The van der Waals surface area contributed by atoms with Gasteiger partial charge in [0.25, 0.3) is 5.91 Å². The summed E-state index contributed by atoms with van der Waals surface area (Å²) in [5, 5.41) is 15.6. The fourth-order valence-electron chi connectivity index (χ4n) is 2.48. The minimum atomic E-state index is -0.140. The Balaban J connectivity index is 1.82. The zero-order chi connectivity index (χ0) is 16.4. The van der Waals surface area contributed by atoms with Gasteiger partial charge in [-0.2, -0.15) is 16.4 Å². The maximum absolute atomic E-state index is 12.3. The van der Waals surface area contributed by atoms with E-state index in [-0.39, 0.29) is 11.9 Å². The second-order valence-corrected chi connectivity index (χ2v) is 6.88. The number of nitrogens with one attached hydrogen (secondary N) is 1. The molecule has 0 aliphatic rings. The summed E-state index contributed by atoms with van der Waals surface area (Å²) in [4.78, 5) is 12.9. The van der Waals surface area contributed by atoms with Gasteiger partial charge in [0.05, 0.1) is 17.4 Å². The van der Waals surface area contributed by atoms with E-state index in [4.69, 9.17) is 0 Å². The first-order valence-electron chi connectivity index (χ1n) is 7.18. The summed E-state index contributed by atoms with van der Waals surface area (Å²) < 4.78 is 5.78. The Bertz CT molecular complexity index is 806. The third-order valence-corrected chi connectivity index (χ3v) is 5.11. The second kappa shape index (κ2) is 6.59. The molecule has 0 saturated carbocycles. The molecule has 3 rings (SSSR count). The van der Waals surface area contributed by atoms with E-state index in [1.54, 1.807) is 18.3 Å². The zero-order valence-corrected chi connectivity index (χ0v) is 14.7. The summed E-state index contributed by atoms with van der Waals surface area (Å²) in [6.07, 6.45) is 0. The lowest BCUT2D eigenvalue weighted by Crippen LogP contribution is -2.32. The van der Waals surface area contributed by atoms with E-state index in [1.165, 1.54) is 0 Å². The fourth-order valence-corrected chi connectivity index (χ4v) is 3.76. The van der Waals surface area contributed by atoms with Crippen LogP contribution in [0.3, 0.4) is 0 Å². The van der Waals surface area contributed by atoms with E-state index < -0.39 is 0 Å². The van der Waals surface area contributed by atoms with Gasteiger partial charge >= 0.3 is 0 Å². The lowest BCUT2D eigenvalue weighted by atomic mass is 10.1. The molecule has 0 spiro atoms. The molecule has 0 fully saturated rings. The molecule has 120 valence electrons. The number of rotatable bonds is 5. The van der Waals surface area contributed by atoms with Crippen molar-refractivity contribution in [3.05, 3.63) is 50.4 Å². The minimum Gasteiger partial charge on any atom is -0.349 e. The number of aromatic nitrogens is 4. The fraction of sp³-hybridized carbons (Fsp3) is 0.333. The standard InChI is InChI=1S/C15H17N5OS2/c1-9-6-10(2)20(18-9)13(12-4-5-22-8-12)7-16-15(21)14-11(3)17-19-23-14/h4-6,8,13H,7H2,1-3H3,(H,16,21)/t13-/m0/s1. The Hall–Kier alpha value is -2.06. The van der Waals surface area contributed by atoms with E-state index in [9.17, 15) is 4.79 Å². The zero-order valence-electron chi connectivity index (χ0n) is 13.1. The van der Waals surface area contributed by atoms with Crippen LogP contribution in [0.15, 0.2) is 22.9 Å². The summed E-state index contributed by atoms with van der Waals surface area (Å²) in [6, 6.07) is 4.08. The highest BCUT2D eigenvalue weighted by molar-refractivity contribution is 7.08. The molecule has 23 heavy (non-hydrogen) atoms. The molecule has 1 atom stereocenters. The van der Waals surface area contributed by atoms with Crippen molar-refractivity contribution >= 4 is 28.8 Å². The van der Waals surface area contributed by atoms with E-state index in [2.05, 4.69) is 31.4 Å². The smallest absolute Gasteiger partial charge is 0.265 e. The first-order valence-corrected chi connectivity index (χ1v) is 8.90. The molecule has 0 aliphatic carbocycles. The molecule has 0 unspecified atom stereocenters. The first kappa shape index (κ1) is 15.8. The third kappa shape index (κ3) is 3.32. The maximum atomic E-state index is 12.3. The van der Waals surface area contributed by atoms with Gasteiger partial charge in [-0.05, 0) is 60.8 Å². The monoisotopic (exact) mass is 347 g/mol. The summed E-state index contributed by atoms with van der Waals surface area (Å²) >= 11 is 2.75. The Labute approximate surface area is 142 Å². The number of aryl methyl sites for hydroxylation is 3. The van der Waals surface area contributed by atoms with Gasteiger partial charge in [0.1, 0.15) is 4.88 Å². The highest BCUT2D eigenvalue weighted by Crippen LogP contribution is 2.22.